The lowest BCUT2D eigenvalue weighted by Gasteiger charge is -2.25. The van der Waals surface area contributed by atoms with Gasteiger partial charge in [0.1, 0.15) is 0 Å². The van der Waals surface area contributed by atoms with E-state index in [2.05, 4.69) is 11.9 Å². The third kappa shape index (κ3) is 4.99. The Bertz CT molecular complexity index is 201. The molecule has 72 valence electrons. The van der Waals surface area contributed by atoms with Gasteiger partial charge < -0.3 is 10.2 Å². The molecule has 1 heterocycles. The van der Waals surface area contributed by atoms with Gasteiger partial charge in [-0.2, -0.15) is 5.26 Å². The molecule has 0 aromatic heterocycles. The van der Waals surface area contributed by atoms with Crippen LogP contribution in [0.25, 0.3) is 0 Å². The Kier molecular flexibility index (Phi) is 6.56. The first-order valence-electron chi connectivity index (χ1n) is 4.19. The van der Waals surface area contributed by atoms with Crippen molar-refractivity contribution in [2.24, 2.45) is 0 Å². The number of nitriles is 1. The molecule has 0 radical (unpaired) electrons. The Hall–Kier alpha value is -1.34. The summed E-state index contributed by atoms with van der Waals surface area (Å²) >= 11 is 0. The predicted octanol–water partition coefficient (Wildman–Crippen LogP) is 0.134. The maximum atomic E-state index is 10.9. The van der Waals surface area contributed by atoms with Gasteiger partial charge in [-0.05, 0) is 6.08 Å². The SMILES string of the molecule is C=CC(=O)N1CCNCC1.CC#N. The number of amides is 1. The van der Waals surface area contributed by atoms with E-state index in [0.29, 0.717) is 0 Å². The molecule has 0 aliphatic carbocycles. The second-order valence-corrected chi connectivity index (χ2v) is 2.50. The van der Waals surface area contributed by atoms with E-state index < -0.39 is 0 Å². The van der Waals surface area contributed by atoms with Crippen molar-refractivity contribution < 1.29 is 4.79 Å². The number of carbonyl (C=O) groups is 1. The van der Waals surface area contributed by atoms with Gasteiger partial charge in [0.15, 0.2) is 0 Å². The molecule has 0 spiro atoms. The molecule has 0 atom stereocenters. The van der Waals surface area contributed by atoms with Gasteiger partial charge >= 0.3 is 0 Å². The number of rotatable bonds is 1. The van der Waals surface area contributed by atoms with Gasteiger partial charge in [0.05, 0.1) is 6.07 Å². The minimum absolute atomic E-state index is 0.0431. The highest BCUT2D eigenvalue weighted by Crippen LogP contribution is 1.92. The summed E-state index contributed by atoms with van der Waals surface area (Å²) in [5.74, 6) is 0.0431. The molecule has 0 bridgehead atoms. The van der Waals surface area contributed by atoms with Crippen LogP contribution in [0, 0.1) is 11.3 Å². The molecule has 1 aliphatic rings. The number of piperazine rings is 1. The van der Waals surface area contributed by atoms with E-state index >= 15 is 0 Å². The van der Waals surface area contributed by atoms with Gasteiger partial charge in [-0.15, -0.1) is 0 Å². The summed E-state index contributed by atoms with van der Waals surface area (Å²) in [6, 6.07) is 1.75. The first-order valence-corrected chi connectivity index (χ1v) is 4.19. The number of hydrogen-bond donors (Lipinski definition) is 1. The quantitative estimate of drug-likeness (QED) is 0.585. The molecule has 0 aromatic carbocycles. The van der Waals surface area contributed by atoms with E-state index in [0.717, 1.165) is 26.2 Å². The van der Waals surface area contributed by atoms with Crippen LogP contribution in [0.5, 0.6) is 0 Å². The molecule has 1 amide bonds. The molecule has 0 saturated carbocycles. The highest BCUT2D eigenvalue weighted by atomic mass is 16.2. The van der Waals surface area contributed by atoms with E-state index in [1.54, 1.807) is 11.0 Å². The van der Waals surface area contributed by atoms with Gasteiger partial charge in [-0.1, -0.05) is 6.58 Å². The van der Waals surface area contributed by atoms with Crippen LogP contribution >= 0.6 is 0 Å². The topological polar surface area (TPSA) is 56.1 Å². The molecule has 0 aromatic rings. The summed E-state index contributed by atoms with van der Waals surface area (Å²) in [4.78, 5) is 12.7. The zero-order chi connectivity index (χ0) is 10.1. The standard InChI is InChI=1S/C7H12N2O.C2H3N/c1-2-7(10)9-5-3-8-4-6-9;1-2-3/h2,8H,1,3-6H2;1H3. The van der Waals surface area contributed by atoms with Gasteiger partial charge in [0.2, 0.25) is 5.91 Å². The van der Waals surface area contributed by atoms with Crippen LogP contribution in [0.2, 0.25) is 0 Å². The van der Waals surface area contributed by atoms with Gasteiger partial charge in [0.25, 0.3) is 0 Å². The first kappa shape index (κ1) is 11.7. The van der Waals surface area contributed by atoms with E-state index in [1.807, 2.05) is 0 Å². The molecule has 4 nitrogen and oxygen atoms in total. The fourth-order valence-electron chi connectivity index (χ4n) is 1.01. The largest absolute Gasteiger partial charge is 0.337 e. The monoisotopic (exact) mass is 181 g/mol. The average molecular weight is 181 g/mol. The van der Waals surface area contributed by atoms with Crippen molar-refractivity contribution in [2.45, 2.75) is 6.92 Å². The molecular formula is C9H15N3O. The molecule has 1 rings (SSSR count). The van der Waals surface area contributed by atoms with Crippen LogP contribution in [0.4, 0.5) is 0 Å². The van der Waals surface area contributed by atoms with Crippen LogP contribution in [0.3, 0.4) is 0 Å². The second-order valence-electron chi connectivity index (χ2n) is 2.50. The predicted molar refractivity (Wildman–Crippen MR) is 50.9 cm³/mol. The van der Waals surface area contributed by atoms with Crippen molar-refractivity contribution in [3.63, 3.8) is 0 Å². The third-order valence-electron chi connectivity index (χ3n) is 1.60. The maximum absolute atomic E-state index is 10.9. The first-order chi connectivity index (χ1) is 6.26. The summed E-state index contributed by atoms with van der Waals surface area (Å²) in [5, 5.41) is 10.5. The third-order valence-corrected chi connectivity index (χ3v) is 1.60. The Labute approximate surface area is 78.8 Å². The maximum Gasteiger partial charge on any atom is 0.246 e. The van der Waals surface area contributed by atoms with Crippen LogP contribution in [-0.2, 0) is 4.79 Å². The summed E-state index contributed by atoms with van der Waals surface area (Å²) in [6.45, 7) is 8.28. The van der Waals surface area contributed by atoms with Crippen LogP contribution in [0.15, 0.2) is 12.7 Å². The van der Waals surface area contributed by atoms with Crippen molar-refractivity contribution >= 4 is 5.91 Å². The Morgan fingerprint density at radius 2 is 2.08 bits per heavy atom. The number of carbonyl (C=O) groups excluding carboxylic acids is 1. The average Bonchev–Trinajstić information content (AvgIpc) is 2.19. The summed E-state index contributed by atoms with van der Waals surface area (Å²) in [7, 11) is 0. The second kappa shape index (κ2) is 7.32. The van der Waals surface area contributed by atoms with E-state index in [1.165, 1.54) is 13.0 Å². The minimum atomic E-state index is 0.0431. The lowest BCUT2D eigenvalue weighted by atomic mass is 10.3. The lowest BCUT2D eigenvalue weighted by molar-refractivity contribution is -0.126. The number of nitrogens with one attached hydrogen (secondary N) is 1. The van der Waals surface area contributed by atoms with Gasteiger partial charge in [-0.3, -0.25) is 4.79 Å². The summed E-state index contributed by atoms with van der Waals surface area (Å²) < 4.78 is 0. The van der Waals surface area contributed by atoms with Crippen LogP contribution < -0.4 is 5.32 Å². The Morgan fingerprint density at radius 1 is 1.62 bits per heavy atom. The summed E-state index contributed by atoms with van der Waals surface area (Å²) in [6.07, 6.45) is 1.37. The molecule has 0 unspecified atom stereocenters. The molecule has 1 fully saturated rings. The minimum Gasteiger partial charge on any atom is -0.337 e. The zero-order valence-corrected chi connectivity index (χ0v) is 7.92. The van der Waals surface area contributed by atoms with Crippen molar-refractivity contribution in [1.29, 1.82) is 5.26 Å². The van der Waals surface area contributed by atoms with Crippen molar-refractivity contribution in [1.82, 2.24) is 10.2 Å². The van der Waals surface area contributed by atoms with Gasteiger partial charge in [0, 0.05) is 33.1 Å². The van der Waals surface area contributed by atoms with E-state index in [9.17, 15) is 4.79 Å². The molecular weight excluding hydrogens is 166 g/mol. The van der Waals surface area contributed by atoms with Crippen molar-refractivity contribution in [2.75, 3.05) is 26.2 Å². The zero-order valence-electron chi connectivity index (χ0n) is 7.92. The highest BCUT2D eigenvalue weighted by Gasteiger charge is 2.11. The van der Waals surface area contributed by atoms with Crippen LogP contribution in [-0.4, -0.2) is 37.0 Å². The molecule has 1 N–H and O–H groups in total. The molecule has 1 saturated heterocycles. The normalized spacial score (nSPS) is 14.9. The van der Waals surface area contributed by atoms with Gasteiger partial charge in [-0.25, -0.2) is 0 Å². The highest BCUT2D eigenvalue weighted by molar-refractivity contribution is 5.87. The van der Waals surface area contributed by atoms with E-state index in [4.69, 9.17) is 5.26 Å². The van der Waals surface area contributed by atoms with Crippen LogP contribution in [0.1, 0.15) is 6.92 Å². The summed E-state index contributed by atoms with van der Waals surface area (Å²) in [5.41, 5.74) is 0. The Balaban J connectivity index is 0.000000424. The van der Waals surface area contributed by atoms with E-state index in [-0.39, 0.29) is 5.91 Å². The smallest absolute Gasteiger partial charge is 0.246 e. The molecule has 1 aliphatic heterocycles. The number of hydrogen-bond acceptors (Lipinski definition) is 3. The lowest BCUT2D eigenvalue weighted by Crippen LogP contribution is -2.45. The Morgan fingerprint density at radius 3 is 2.46 bits per heavy atom. The number of nitrogens with zero attached hydrogens (tertiary/aromatic N) is 2. The molecule has 4 heteroatoms. The molecule has 13 heavy (non-hydrogen) atoms. The fraction of sp³-hybridized carbons (Fsp3) is 0.556. The fourth-order valence-corrected chi connectivity index (χ4v) is 1.01. The van der Waals surface area contributed by atoms with Crippen molar-refractivity contribution in [3.05, 3.63) is 12.7 Å². The van der Waals surface area contributed by atoms with Crippen molar-refractivity contribution in [3.8, 4) is 6.07 Å².